The molecule has 2 aromatic carbocycles. The van der Waals surface area contributed by atoms with Crippen LogP contribution in [-0.4, -0.2) is 56.3 Å². The normalized spacial score (nSPS) is 14.2. The van der Waals surface area contributed by atoms with Crippen LogP contribution in [-0.2, 0) is 14.6 Å². The number of fused-ring (bicyclic) bond motifs is 1. The first kappa shape index (κ1) is 25.1. The Hall–Kier alpha value is -3.54. The number of rotatable bonds is 9. The third-order valence-electron chi connectivity index (χ3n) is 4.90. The number of nitrogens with zero attached hydrogens (tertiary/aromatic N) is 1. The summed E-state index contributed by atoms with van der Waals surface area (Å²) in [5.74, 6) is -3.04. The Bertz CT molecular complexity index is 1250. The van der Waals surface area contributed by atoms with Gasteiger partial charge in [-0.25, -0.2) is 8.42 Å². The minimum Gasteiger partial charge on any atom is -0.490 e. The predicted molar refractivity (Wildman–Crippen MR) is 118 cm³/mol. The van der Waals surface area contributed by atoms with E-state index < -0.39 is 46.0 Å². The van der Waals surface area contributed by atoms with Gasteiger partial charge in [-0.15, -0.1) is 0 Å². The molecule has 2 aromatic rings. The van der Waals surface area contributed by atoms with Crippen molar-refractivity contribution in [3.8, 4) is 11.5 Å². The van der Waals surface area contributed by atoms with Crippen LogP contribution < -0.4 is 14.8 Å². The summed E-state index contributed by atoms with van der Waals surface area (Å²) in [4.78, 5) is 38.9. The second-order valence-electron chi connectivity index (χ2n) is 7.52. The Kier molecular flexibility index (Phi) is 7.20. The first-order chi connectivity index (χ1) is 15.9. The van der Waals surface area contributed by atoms with E-state index in [0.29, 0.717) is 0 Å². The van der Waals surface area contributed by atoms with Gasteiger partial charge in [-0.2, -0.15) is 8.78 Å². The van der Waals surface area contributed by atoms with E-state index in [1.165, 1.54) is 37.3 Å². The van der Waals surface area contributed by atoms with Crippen molar-refractivity contribution in [2.24, 2.45) is 0 Å². The molecule has 0 radical (unpaired) electrons. The molecule has 0 aliphatic carbocycles. The summed E-state index contributed by atoms with van der Waals surface area (Å²) in [5, 5.41) is 2.49. The fraction of sp³-hybridized carbons (Fsp3) is 0.318. The van der Waals surface area contributed by atoms with Gasteiger partial charge >= 0.3 is 6.61 Å². The molecule has 1 atom stereocenters. The number of nitrogens with one attached hydrogen (secondary N) is 1. The number of sulfone groups is 1. The van der Waals surface area contributed by atoms with Gasteiger partial charge in [0.05, 0.1) is 35.2 Å². The number of alkyl halides is 2. The van der Waals surface area contributed by atoms with Crippen LogP contribution in [0.15, 0.2) is 36.4 Å². The molecule has 0 saturated heterocycles. The number of ether oxygens (including phenoxy) is 2. The van der Waals surface area contributed by atoms with Crippen molar-refractivity contribution in [2.45, 2.75) is 26.5 Å². The molecule has 1 aliphatic heterocycles. The first-order valence-corrected chi connectivity index (χ1v) is 12.2. The van der Waals surface area contributed by atoms with Crippen LogP contribution in [0.2, 0.25) is 0 Å². The van der Waals surface area contributed by atoms with Gasteiger partial charge in [0, 0.05) is 13.2 Å². The zero-order valence-corrected chi connectivity index (χ0v) is 19.3. The quantitative estimate of drug-likeness (QED) is 0.530. The molecule has 12 heteroatoms. The SMILES string of the molecule is CCOc1cc([C@H](CS(C)(=O)=O)N2C(=O)c3cccc(NC(C)=O)c3C2=O)ccc1OC(F)F. The summed E-state index contributed by atoms with van der Waals surface area (Å²) in [5.41, 5.74) is 0.201. The van der Waals surface area contributed by atoms with Gasteiger partial charge in [0.25, 0.3) is 11.8 Å². The number of hydrogen-bond donors (Lipinski definition) is 1. The molecule has 3 amide bonds. The average Bonchev–Trinajstić information content (AvgIpc) is 2.97. The highest BCUT2D eigenvalue weighted by Gasteiger charge is 2.43. The maximum atomic E-state index is 13.3. The molecule has 0 aromatic heterocycles. The molecule has 1 aliphatic rings. The summed E-state index contributed by atoms with van der Waals surface area (Å²) in [6, 6.07) is 6.72. The second kappa shape index (κ2) is 9.75. The van der Waals surface area contributed by atoms with Crippen molar-refractivity contribution in [3.63, 3.8) is 0 Å². The summed E-state index contributed by atoms with van der Waals surface area (Å²) in [6.45, 7) is -0.184. The second-order valence-corrected chi connectivity index (χ2v) is 9.70. The van der Waals surface area contributed by atoms with Crippen molar-refractivity contribution < 1.29 is 41.1 Å². The van der Waals surface area contributed by atoms with Crippen molar-refractivity contribution in [1.29, 1.82) is 0 Å². The zero-order chi connectivity index (χ0) is 25.2. The third kappa shape index (κ3) is 5.33. The number of carbonyl (C=O) groups is 3. The van der Waals surface area contributed by atoms with Gasteiger partial charge in [0.15, 0.2) is 11.5 Å². The van der Waals surface area contributed by atoms with Crippen molar-refractivity contribution in [2.75, 3.05) is 23.9 Å². The molecule has 0 spiro atoms. The van der Waals surface area contributed by atoms with Crippen molar-refractivity contribution in [1.82, 2.24) is 4.90 Å². The number of halogens is 2. The maximum absolute atomic E-state index is 13.3. The Morgan fingerprint density at radius 2 is 1.82 bits per heavy atom. The standard InChI is InChI=1S/C22H22F2N2O7S/c1-4-32-18-10-13(8-9-17(18)33-22(23)24)16(11-34(3,30)31)26-20(28)14-6-5-7-15(25-12(2)27)19(14)21(26)29/h5-10,16,22H,4,11H2,1-3H3,(H,25,27)/t16-/m0/s1. The van der Waals surface area contributed by atoms with E-state index in [-0.39, 0.29) is 40.5 Å². The number of hydrogen-bond acceptors (Lipinski definition) is 7. The highest BCUT2D eigenvalue weighted by molar-refractivity contribution is 7.90. The van der Waals surface area contributed by atoms with Crippen LogP contribution in [0.1, 0.15) is 46.2 Å². The van der Waals surface area contributed by atoms with E-state index in [2.05, 4.69) is 10.1 Å². The average molecular weight is 496 g/mol. The molecule has 34 heavy (non-hydrogen) atoms. The molecule has 0 bridgehead atoms. The molecule has 0 fully saturated rings. The van der Waals surface area contributed by atoms with Crippen molar-refractivity contribution in [3.05, 3.63) is 53.1 Å². The van der Waals surface area contributed by atoms with Gasteiger partial charge in [-0.1, -0.05) is 12.1 Å². The first-order valence-electron chi connectivity index (χ1n) is 10.1. The van der Waals surface area contributed by atoms with E-state index in [1.807, 2.05) is 0 Å². The Balaban J connectivity index is 2.12. The topological polar surface area (TPSA) is 119 Å². The summed E-state index contributed by atoms with van der Waals surface area (Å²) in [7, 11) is -3.73. The number of imide groups is 1. The minimum absolute atomic E-state index is 0.00237. The van der Waals surface area contributed by atoms with Gasteiger partial charge in [0.2, 0.25) is 5.91 Å². The van der Waals surface area contributed by atoms with E-state index in [9.17, 15) is 31.6 Å². The van der Waals surface area contributed by atoms with Gasteiger partial charge in [-0.3, -0.25) is 19.3 Å². The van der Waals surface area contributed by atoms with Gasteiger partial charge in [-0.05, 0) is 36.8 Å². The smallest absolute Gasteiger partial charge is 0.387 e. The lowest BCUT2D eigenvalue weighted by Gasteiger charge is -2.27. The Morgan fingerprint density at radius 1 is 1.12 bits per heavy atom. The van der Waals surface area contributed by atoms with Crippen molar-refractivity contribution >= 4 is 33.2 Å². The van der Waals surface area contributed by atoms with Gasteiger partial charge in [0.1, 0.15) is 9.84 Å². The fourth-order valence-corrected chi connectivity index (χ4v) is 4.60. The molecule has 3 rings (SSSR count). The number of carbonyl (C=O) groups excluding carboxylic acids is 3. The third-order valence-corrected chi connectivity index (χ3v) is 5.82. The van der Waals surface area contributed by atoms with Gasteiger partial charge < -0.3 is 14.8 Å². The number of amides is 3. The lowest BCUT2D eigenvalue weighted by molar-refractivity contribution is -0.114. The maximum Gasteiger partial charge on any atom is 0.387 e. The van der Waals surface area contributed by atoms with Crippen LogP contribution in [0.4, 0.5) is 14.5 Å². The summed E-state index contributed by atoms with van der Waals surface area (Å²) < 4.78 is 59.8. The molecule has 9 nitrogen and oxygen atoms in total. The van der Waals surface area contributed by atoms with Crippen LogP contribution in [0.5, 0.6) is 11.5 Å². The van der Waals surface area contributed by atoms with E-state index >= 15 is 0 Å². The highest BCUT2D eigenvalue weighted by atomic mass is 32.2. The zero-order valence-electron chi connectivity index (χ0n) is 18.5. The number of anilines is 1. The van der Waals surface area contributed by atoms with E-state index in [1.54, 1.807) is 6.92 Å². The van der Waals surface area contributed by atoms with Crippen LogP contribution in [0, 0.1) is 0 Å². The minimum atomic E-state index is -3.73. The fourth-order valence-electron chi connectivity index (χ4n) is 3.68. The lowest BCUT2D eigenvalue weighted by atomic mass is 10.1. The van der Waals surface area contributed by atoms with Crippen LogP contribution in [0.25, 0.3) is 0 Å². The predicted octanol–water partition coefficient (Wildman–Crippen LogP) is 3.03. The summed E-state index contributed by atoms with van der Waals surface area (Å²) in [6.07, 6.45) is 0.943. The molecule has 182 valence electrons. The monoisotopic (exact) mass is 496 g/mol. The molecule has 1 N–H and O–H groups in total. The molecule has 0 saturated carbocycles. The molecule has 1 heterocycles. The summed E-state index contributed by atoms with van der Waals surface area (Å²) >= 11 is 0. The largest absolute Gasteiger partial charge is 0.490 e. The van der Waals surface area contributed by atoms with Crippen LogP contribution in [0.3, 0.4) is 0 Å². The van der Waals surface area contributed by atoms with E-state index in [4.69, 9.17) is 4.74 Å². The molecular formula is C22H22F2N2O7S. The molecule has 0 unspecified atom stereocenters. The Labute approximate surface area is 194 Å². The lowest BCUT2D eigenvalue weighted by Crippen LogP contribution is -2.37. The molecular weight excluding hydrogens is 474 g/mol. The Morgan fingerprint density at radius 3 is 2.41 bits per heavy atom. The van der Waals surface area contributed by atoms with E-state index in [0.717, 1.165) is 17.2 Å². The van der Waals surface area contributed by atoms with Crippen LogP contribution >= 0.6 is 0 Å². The number of benzene rings is 2. The highest BCUT2D eigenvalue weighted by Crippen LogP contribution is 2.39.